The van der Waals surface area contributed by atoms with Gasteiger partial charge in [-0.15, -0.1) is 0 Å². The fourth-order valence-electron chi connectivity index (χ4n) is 5.28. The van der Waals surface area contributed by atoms with Crippen LogP contribution in [-0.4, -0.2) is 35.9 Å². The van der Waals surface area contributed by atoms with Crippen molar-refractivity contribution in [2.75, 3.05) is 0 Å². The van der Waals surface area contributed by atoms with E-state index in [4.69, 9.17) is 0 Å². The van der Waals surface area contributed by atoms with Crippen molar-refractivity contribution in [1.29, 1.82) is 0 Å². The van der Waals surface area contributed by atoms with Gasteiger partial charge in [-0.1, -0.05) is 0 Å². The van der Waals surface area contributed by atoms with Gasteiger partial charge in [-0.25, -0.2) is 0 Å². The van der Waals surface area contributed by atoms with Crippen molar-refractivity contribution in [3.8, 4) is 11.3 Å². The Kier molecular flexibility index (Phi) is 9.64. The number of pyridine rings is 1. The molecule has 1 aromatic heterocycles. The van der Waals surface area contributed by atoms with Crippen LogP contribution in [0.5, 0.6) is 0 Å². The van der Waals surface area contributed by atoms with Crippen molar-refractivity contribution in [1.82, 2.24) is 4.98 Å². The Morgan fingerprint density at radius 1 is 0.600 bits per heavy atom. The first-order valence-electron chi connectivity index (χ1n) is 13.3. The average molecular weight is 741 g/mol. The van der Waals surface area contributed by atoms with Crippen LogP contribution < -0.4 is 5.46 Å². The molecule has 20 heteroatoms. The summed E-state index contributed by atoms with van der Waals surface area (Å²) in [4.78, 5) is 3.86. The van der Waals surface area contributed by atoms with Gasteiger partial charge in [-0.2, -0.15) is 0 Å². The molecule has 0 spiro atoms. The molecule has 0 saturated heterocycles. The summed E-state index contributed by atoms with van der Waals surface area (Å²) in [6.07, 6.45) is -39.8. The van der Waals surface area contributed by atoms with Crippen LogP contribution in [0.1, 0.15) is 22.3 Å². The van der Waals surface area contributed by atoms with Crippen molar-refractivity contribution >= 4 is 17.8 Å². The Hall–Kier alpha value is -4.26. The van der Waals surface area contributed by atoms with E-state index in [1.807, 2.05) is 0 Å². The molecule has 50 heavy (non-hydrogen) atoms. The van der Waals surface area contributed by atoms with Crippen LogP contribution in [-0.2, 0) is 24.9 Å². The number of benzene rings is 2. The summed E-state index contributed by atoms with van der Waals surface area (Å²) >= 11 is 0. The number of halogens is 18. The molecule has 1 atom stereocenters. The quantitative estimate of drug-likeness (QED) is 0.192. The fraction of sp³-hybridized carbons (Fsp3) is 0.267. The van der Waals surface area contributed by atoms with Gasteiger partial charge in [-0.05, 0) is 0 Å². The maximum atomic E-state index is 15.3. The van der Waals surface area contributed by atoms with Crippen molar-refractivity contribution in [3.63, 3.8) is 0 Å². The van der Waals surface area contributed by atoms with E-state index in [9.17, 15) is 65.9 Å². The minimum absolute atomic E-state index is 0.185. The SMILES string of the molecule is FC(F)(F)C1=CC(Cc2ccccc2-c2ccccn2)(C(F)(F)F)C(=Bc2c(C(F)(F)F)cc(C(F)(F)F)cc2C(F)(F)F)C(C(F)(F)F)=C1. The third-order valence-corrected chi connectivity index (χ3v) is 7.45. The predicted molar refractivity (Wildman–Crippen MR) is 142 cm³/mol. The third kappa shape index (κ3) is 7.72. The minimum atomic E-state index is -6.36. The molecule has 0 N–H and O–H groups in total. The molecule has 0 bridgehead atoms. The molecule has 1 heterocycles. The van der Waals surface area contributed by atoms with E-state index < -0.39 is 124 Å². The zero-order valence-corrected chi connectivity index (χ0v) is 24.0. The van der Waals surface area contributed by atoms with Gasteiger partial charge in [0.1, 0.15) is 0 Å². The summed E-state index contributed by atoms with van der Waals surface area (Å²) in [6.45, 7) is -0.953. The first-order chi connectivity index (χ1) is 22.6. The van der Waals surface area contributed by atoms with Crippen molar-refractivity contribution in [2.45, 2.75) is 43.5 Å². The molecule has 1 aliphatic rings. The molecule has 268 valence electrons. The van der Waals surface area contributed by atoms with Crippen LogP contribution in [0, 0.1) is 5.41 Å². The van der Waals surface area contributed by atoms with E-state index in [0.29, 0.717) is 0 Å². The molecule has 0 radical (unpaired) electrons. The second kappa shape index (κ2) is 12.5. The number of aromatic nitrogens is 1. The van der Waals surface area contributed by atoms with Crippen LogP contribution in [0.2, 0.25) is 0 Å². The molecule has 1 aliphatic carbocycles. The van der Waals surface area contributed by atoms with E-state index in [1.165, 1.54) is 24.3 Å². The van der Waals surface area contributed by atoms with Gasteiger partial charge < -0.3 is 0 Å². The number of allylic oxidation sites excluding steroid dienone is 4. The molecule has 4 rings (SSSR count). The molecule has 1 nitrogen and oxygen atoms in total. The monoisotopic (exact) mass is 741 g/mol. The van der Waals surface area contributed by atoms with Gasteiger partial charge in [0.15, 0.2) is 0 Å². The summed E-state index contributed by atoms with van der Waals surface area (Å²) in [5, 5.41) is 0. The number of nitrogens with zero attached hydrogens (tertiary/aromatic N) is 1. The average Bonchev–Trinajstić information content (AvgIpc) is 2.95. The fourth-order valence-corrected chi connectivity index (χ4v) is 5.28. The second-order valence-corrected chi connectivity index (χ2v) is 10.7. The Morgan fingerprint density at radius 3 is 1.58 bits per heavy atom. The molecule has 0 aliphatic heterocycles. The normalized spacial score (nSPS) is 18.9. The van der Waals surface area contributed by atoms with E-state index >= 15 is 13.2 Å². The topological polar surface area (TPSA) is 12.9 Å². The molecule has 1 unspecified atom stereocenters. The molecule has 0 saturated carbocycles. The van der Waals surface area contributed by atoms with Crippen LogP contribution in [0.3, 0.4) is 0 Å². The van der Waals surface area contributed by atoms with Crippen LogP contribution in [0.25, 0.3) is 11.3 Å². The van der Waals surface area contributed by atoms with Crippen LogP contribution in [0.15, 0.2) is 84.1 Å². The molecular formula is C30H14BF18N. The summed E-state index contributed by atoms with van der Waals surface area (Å²) in [5.41, 5.74) is -25.3. The van der Waals surface area contributed by atoms with E-state index in [-0.39, 0.29) is 11.3 Å². The Balaban J connectivity index is 2.26. The van der Waals surface area contributed by atoms with Crippen LogP contribution >= 0.6 is 0 Å². The standard InChI is InChI=1S/C30H14BF18N/c32-25(33,34)15-9-18(27(38,39)40)22(19(10-15)28(41,42)43)31-23-20(29(44,45)46)11-16(26(35,36)37)13-24(23,30(47,48)49)12-14-5-1-2-6-17(14)21-7-3-4-8-50-21/h1-11,13H,12H2. The van der Waals surface area contributed by atoms with Gasteiger partial charge >= 0.3 is 268 Å². The van der Waals surface area contributed by atoms with Gasteiger partial charge in [0.2, 0.25) is 0 Å². The van der Waals surface area contributed by atoms with Gasteiger partial charge in [0.05, 0.1) is 0 Å². The second-order valence-electron chi connectivity index (χ2n) is 10.7. The third-order valence-electron chi connectivity index (χ3n) is 7.45. The van der Waals surface area contributed by atoms with Gasteiger partial charge in [0.25, 0.3) is 0 Å². The Labute approximate surface area is 268 Å². The Morgan fingerprint density at radius 2 is 1.14 bits per heavy atom. The Bertz CT molecular complexity index is 1800. The first-order valence-corrected chi connectivity index (χ1v) is 13.3. The van der Waals surface area contributed by atoms with Crippen LogP contribution in [0.4, 0.5) is 79.0 Å². The summed E-state index contributed by atoms with van der Waals surface area (Å²) in [7, 11) is 0. The molecular weight excluding hydrogens is 727 g/mol. The molecule has 0 fully saturated rings. The van der Waals surface area contributed by atoms with Gasteiger partial charge in [-0.3, -0.25) is 0 Å². The molecule has 0 amide bonds. The van der Waals surface area contributed by atoms with Crippen molar-refractivity contribution < 1.29 is 79.0 Å². The van der Waals surface area contributed by atoms with Crippen molar-refractivity contribution in [3.05, 3.63) is 106 Å². The van der Waals surface area contributed by atoms with E-state index in [1.54, 1.807) is 0 Å². The molecule has 2 aromatic carbocycles. The van der Waals surface area contributed by atoms with E-state index in [2.05, 4.69) is 4.98 Å². The summed E-state index contributed by atoms with van der Waals surface area (Å²) in [5.74, 6) is 0. The zero-order valence-electron chi connectivity index (χ0n) is 24.0. The predicted octanol–water partition coefficient (Wildman–Crippen LogP) is 10.1. The number of alkyl halides is 18. The number of rotatable bonds is 4. The zero-order chi connectivity index (χ0) is 37.9. The van der Waals surface area contributed by atoms with Gasteiger partial charge in [0, 0.05) is 0 Å². The molecule has 3 aromatic rings. The summed E-state index contributed by atoms with van der Waals surface area (Å²) < 4.78 is 256. The number of hydrogen-bond acceptors (Lipinski definition) is 1. The van der Waals surface area contributed by atoms with E-state index in [0.717, 1.165) is 24.4 Å². The maximum absolute atomic E-state index is 15.3. The van der Waals surface area contributed by atoms with Crippen molar-refractivity contribution in [2.24, 2.45) is 5.41 Å². The summed E-state index contributed by atoms with van der Waals surface area (Å²) in [6, 6.07) is 5.85. The first kappa shape index (κ1) is 38.5. The number of hydrogen-bond donors (Lipinski definition) is 0.